The molecule has 1 fully saturated rings. The number of hydrogen-bond acceptors (Lipinski definition) is 4. The van der Waals surface area contributed by atoms with Crippen LogP contribution in [0.2, 0.25) is 0 Å². The normalized spacial score (nSPS) is 18.4. The zero-order chi connectivity index (χ0) is 18.2. The first-order valence-electron chi connectivity index (χ1n) is 8.85. The van der Waals surface area contributed by atoms with Crippen molar-refractivity contribution in [3.8, 4) is 5.75 Å². The fourth-order valence-corrected chi connectivity index (χ4v) is 3.20. The SMILES string of the molecule is CN=C(NCC(c1ccc(OC)cc1)N(C)C)N(C)CC1CCOC1.I. The van der Waals surface area contributed by atoms with E-state index in [1.165, 1.54) is 5.56 Å². The first-order valence-corrected chi connectivity index (χ1v) is 8.85. The van der Waals surface area contributed by atoms with Crippen LogP contribution in [-0.4, -0.2) is 77.4 Å². The zero-order valence-electron chi connectivity index (χ0n) is 16.6. The quantitative estimate of drug-likeness (QED) is 0.372. The molecule has 1 aromatic rings. The minimum Gasteiger partial charge on any atom is -0.497 e. The number of rotatable bonds is 7. The zero-order valence-corrected chi connectivity index (χ0v) is 18.9. The Morgan fingerprint density at radius 1 is 1.31 bits per heavy atom. The fraction of sp³-hybridized carbons (Fsp3) is 0.632. The monoisotopic (exact) mass is 476 g/mol. The molecule has 0 radical (unpaired) electrons. The standard InChI is InChI=1S/C19H32N4O2.HI/c1-20-19(23(4)13-15-10-11-25-14-15)21-12-18(22(2)3)16-6-8-17(24-5)9-7-16;/h6-9,15,18H,10-14H2,1-5H3,(H,20,21);1H. The molecular weight excluding hydrogens is 443 g/mol. The Hall–Kier alpha value is -1.06. The molecule has 1 aliphatic rings. The van der Waals surface area contributed by atoms with Gasteiger partial charge in [0, 0.05) is 39.7 Å². The molecule has 1 heterocycles. The van der Waals surface area contributed by atoms with E-state index in [0.29, 0.717) is 5.92 Å². The topological polar surface area (TPSA) is 49.3 Å². The Bertz CT molecular complexity index is 545. The molecule has 0 spiro atoms. The lowest BCUT2D eigenvalue weighted by Gasteiger charge is -2.29. The number of benzene rings is 1. The van der Waals surface area contributed by atoms with Gasteiger partial charge in [-0.25, -0.2) is 0 Å². The average Bonchev–Trinajstić information content (AvgIpc) is 3.11. The summed E-state index contributed by atoms with van der Waals surface area (Å²) in [6, 6.07) is 8.51. The van der Waals surface area contributed by atoms with E-state index in [-0.39, 0.29) is 30.0 Å². The maximum absolute atomic E-state index is 5.47. The van der Waals surface area contributed by atoms with Gasteiger partial charge >= 0.3 is 0 Å². The molecule has 0 aliphatic carbocycles. The summed E-state index contributed by atoms with van der Waals surface area (Å²) >= 11 is 0. The number of guanidine groups is 1. The smallest absolute Gasteiger partial charge is 0.193 e. The maximum Gasteiger partial charge on any atom is 0.193 e. The molecular formula is C19H33IN4O2. The van der Waals surface area contributed by atoms with Crippen LogP contribution < -0.4 is 10.1 Å². The Balaban J connectivity index is 0.00000338. The lowest BCUT2D eigenvalue weighted by atomic mass is 10.1. The van der Waals surface area contributed by atoms with Gasteiger partial charge in [0.2, 0.25) is 0 Å². The van der Waals surface area contributed by atoms with Crippen LogP contribution in [0.15, 0.2) is 29.3 Å². The Kier molecular flexibility index (Phi) is 10.3. The summed E-state index contributed by atoms with van der Waals surface area (Å²) in [7, 11) is 9.81. The van der Waals surface area contributed by atoms with Gasteiger partial charge in [-0.3, -0.25) is 4.99 Å². The van der Waals surface area contributed by atoms with E-state index < -0.39 is 0 Å². The minimum atomic E-state index is 0. The largest absolute Gasteiger partial charge is 0.497 e. The molecule has 1 saturated heterocycles. The van der Waals surface area contributed by atoms with E-state index in [0.717, 1.165) is 44.4 Å². The van der Waals surface area contributed by atoms with Crippen molar-refractivity contribution in [3.63, 3.8) is 0 Å². The molecule has 0 aromatic heterocycles. The highest BCUT2D eigenvalue weighted by Gasteiger charge is 2.20. The van der Waals surface area contributed by atoms with E-state index in [4.69, 9.17) is 9.47 Å². The number of halogens is 1. The van der Waals surface area contributed by atoms with Gasteiger partial charge in [-0.05, 0) is 38.2 Å². The van der Waals surface area contributed by atoms with Crippen LogP contribution in [0.3, 0.4) is 0 Å². The molecule has 1 aromatic carbocycles. The predicted octanol–water partition coefficient (Wildman–Crippen LogP) is 2.46. The van der Waals surface area contributed by atoms with E-state index >= 15 is 0 Å². The number of methoxy groups -OCH3 is 1. The average molecular weight is 476 g/mol. The number of ether oxygens (including phenoxy) is 2. The Morgan fingerprint density at radius 3 is 2.50 bits per heavy atom. The van der Waals surface area contributed by atoms with Gasteiger partial charge < -0.3 is 24.6 Å². The summed E-state index contributed by atoms with van der Waals surface area (Å²) < 4.78 is 10.7. The van der Waals surface area contributed by atoms with E-state index in [1.807, 2.05) is 19.2 Å². The number of nitrogens with zero attached hydrogens (tertiary/aromatic N) is 3. The van der Waals surface area contributed by atoms with Crippen molar-refractivity contribution in [1.29, 1.82) is 0 Å². The van der Waals surface area contributed by atoms with Gasteiger partial charge in [-0.15, -0.1) is 24.0 Å². The van der Waals surface area contributed by atoms with Crippen molar-refractivity contribution in [2.24, 2.45) is 10.9 Å². The number of nitrogens with one attached hydrogen (secondary N) is 1. The number of hydrogen-bond donors (Lipinski definition) is 1. The van der Waals surface area contributed by atoms with Crippen molar-refractivity contribution >= 4 is 29.9 Å². The van der Waals surface area contributed by atoms with Gasteiger partial charge in [-0.1, -0.05) is 12.1 Å². The second-order valence-corrected chi connectivity index (χ2v) is 6.79. The molecule has 148 valence electrons. The fourth-order valence-electron chi connectivity index (χ4n) is 3.20. The van der Waals surface area contributed by atoms with Gasteiger partial charge in [0.25, 0.3) is 0 Å². The molecule has 0 amide bonds. The third-order valence-electron chi connectivity index (χ3n) is 4.71. The number of aliphatic imine (C=N–C) groups is 1. The first kappa shape index (κ1) is 23.0. The molecule has 26 heavy (non-hydrogen) atoms. The van der Waals surface area contributed by atoms with Gasteiger partial charge in [-0.2, -0.15) is 0 Å². The maximum atomic E-state index is 5.47. The van der Waals surface area contributed by atoms with E-state index in [2.05, 4.69) is 53.4 Å². The highest BCUT2D eigenvalue weighted by Crippen LogP contribution is 2.21. The van der Waals surface area contributed by atoms with Crippen LogP contribution in [0, 0.1) is 5.92 Å². The molecule has 7 heteroatoms. The second kappa shape index (κ2) is 11.6. The lowest BCUT2D eigenvalue weighted by Crippen LogP contribution is -2.44. The minimum absolute atomic E-state index is 0. The summed E-state index contributed by atoms with van der Waals surface area (Å²) in [6.45, 7) is 3.49. The number of likely N-dealkylation sites (N-methyl/N-ethyl adjacent to an activating group) is 1. The summed E-state index contributed by atoms with van der Waals surface area (Å²) in [4.78, 5) is 8.84. The molecule has 0 saturated carbocycles. The van der Waals surface area contributed by atoms with Crippen molar-refractivity contribution < 1.29 is 9.47 Å². The van der Waals surface area contributed by atoms with Crippen molar-refractivity contribution in [2.45, 2.75) is 12.5 Å². The molecule has 6 nitrogen and oxygen atoms in total. The first-order chi connectivity index (χ1) is 12.0. The van der Waals surface area contributed by atoms with Crippen LogP contribution in [0.5, 0.6) is 5.75 Å². The van der Waals surface area contributed by atoms with Crippen LogP contribution >= 0.6 is 24.0 Å². The molecule has 0 bridgehead atoms. The van der Waals surface area contributed by atoms with Crippen molar-refractivity contribution in [3.05, 3.63) is 29.8 Å². The summed E-state index contributed by atoms with van der Waals surface area (Å²) in [6.07, 6.45) is 1.13. The third-order valence-corrected chi connectivity index (χ3v) is 4.71. The molecule has 1 N–H and O–H groups in total. The molecule has 2 atom stereocenters. The summed E-state index contributed by atoms with van der Waals surface area (Å²) in [5, 5.41) is 3.51. The Morgan fingerprint density at radius 2 is 2.00 bits per heavy atom. The van der Waals surface area contributed by atoms with Crippen LogP contribution in [-0.2, 0) is 4.74 Å². The van der Waals surface area contributed by atoms with Crippen LogP contribution in [0.1, 0.15) is 18.0 Å². The van der Waals surface area contributed by atoms with E-state index in [1.54, 1.807) is 7.11 Å². The Labute approximate surface area is 175 Å². The third kappa shape index (κ3) is 6.59. The molecule has 2 unspecified atom stereocenters. The summed E-state index contributed by atoms with van der Waals surface area (Å²) in [5.74, 6) is 2.39. The summed E-state index contributed by atoms with van der Waals surface area (Å²) in [5.41, 5.74) is 1.25. The second-order valence-electron chi connectivity index (χ2n) is 6.79. The van der Waals surface area contributed by atoms with Crippen molar-refractivity contribution in [1.82, 2.24) is 15.1 Å². The predicted molar refractivity (Wildman–Crippen MR) is 118 cm³/mol. The lowest BCUT2D eigenvalue weighted by molar-refractivity contribution is 0.181. The van der Waals surface area contributed by atoms with Crippen LogP contribution in [0.25, 0.3) is 0 Å². The van der Waals surface area contributed by atoms with Crippen molar-refractivity contribution in [2.75, 3.05) is 61.6 Å². The molecule has 1 aliphatic heterocycles. The highest BCUT2D eigenvalue weighted by atomic mass is 127. The highest BCUT2D eigenvalue weighted by molar-refractivity contribution is 14.0. The van der Waals surface area contributed by atoms with Gasteiger partial charge in [0.05, 0.1) is 19.8 Å². The molecule has 2 rings (SSSR count). The van der Waals surface area contributed by atoms with Gasteiger partial charge in [0.1, 0.15) is 5.75 Å². The van der Waals surface area contributed by atoms with Crippen LogP contribution in [0.4, 0.5) is 0 Å². The van der Waals surface area contributed by atoms with E-state index in [9.17, 15) is 0 Å². The van der Waals surface area contributed by atoms with Gasteiger partial charge in [0.15, 0.2) is 5.96 Å².